The Balaban J connectivity index is 1.87. The second-order valence-corrected chi connectivity index (χ2v) is 5.11. The van der Waals surface area contributed by atoms with Crippen LogP contribution in [0, 0.1) is 11.8 Å². The number of carbonyl (C=O) groups excluding carboxylic acids is 1. The van der Waals surface area contributed by atoms with Gasteiger partial charge in [-0.15, -0.1) is 0 Å². The predicted octanol–water partition coefficient (Wildman–Crippen LogP) is 3.62. The molecule has 0 unspecified atom stereocenters. The maximum Gasteiger partial charge on any atom is 0.227 e. The molecule has 1 fully saturated rings. The molecule has 2 atom stereocenters. The first-order chi connectivity index (χ1) is 8.20. The van der Waals surface area contributed by atoms with Gasteiger partial charge in [-0.2, -0.15) is 0 Å². The fraction of sp³-hybridized carbons (Fsp3) is 0.533. The number of hydrogen-bond acceptors (Lipinski definition) is 1. The Hall–Kier alpha value is -1.31. The average molecular weight is 231 g/mol. The van der Waals surface area contributed by atoms with E-state index in [1.54, 1.807) is 0 Å². The molecule has 0 saturated heterocycles. The van der Waals surface area contributed by atoms with Gasteiger partial charge in [-0.1, -0.05) is 32.4 Å². The molecular formula is C15H21NO. The molecule has 2 nitrogen and oxygen atoms in total. The summed E-state index contributed by atoms with van der Waals surface area (Å²) in [5.74, 6) is 0.993. The monoisotopic (exact) mass is 231 g/mol. The van der Waals surface area contributed by atoms with Crippen molar-refractivity contribution in [1.82, 2.24) is 0 Å². The van der Waals surface area contributed by atoms with Gasteiger partial charge in [0.25, 0.3) is 0 Å². The molecule has 1 aliphatic carbocycles. The molecule has 0 spiro atoms. The highest BCUT2D eigenvalue weighted by molar-refractivity contribution is 5.94. The molecule has 0 radical (unpaired) electrons. The van der Waals surface area contributed by atoms with Crippen molar-refractivity contribution >= 4 is 11.6 Å². The smallest absolute Gasteiger partial charge is 0.227 e. The summed E-state index contributed by atoms with van der Waals surface area (Å²) in [6.45, 7) is 4.32. The summed E-state index contributed by atoms with van der Waals surface area (Å²) >= 11 is 0. The lowest BCUT2D eigenvalue weighted by Crippen LogP contribution is -2.14. The third kappa shape index (κ3) is 3.32. The van der Waals surface area contributed by atoms with Crippen LogP contribution in [0.3, 0.4) is 0 Å². The minimum absolute atomic E-state index is 0.179. The summed E-state index contributed by atoms with van der Waals surface area (Å²) in [7, 11) is 0. The summed E-state index contributed by atoms with van der Waals surface area (Å²) in [5, 5.41) is 2.98. The van der Waals surface area contributed by atoms with Gasteiger partial charge in [0.15, 0.2) is 0 Å². The number of aryl methyl sites for hydroxylation is 1. The van der Waals surface area contributed by atoms with Crippen molar-refractivity contribution in [2.75, 3.05) is 5.32 Å². The van der Waals surface area contributed by atoms with Crippen LogP contribution >= 0.6 is 0 Å². The van der Waals surface area contributed by atoms with E-state index < -0.39 is 0 Å². The summed E-state index contributed by atoms with van der Waals surface area (Å²) in [4.78, 5) is 11.7. The summed E-state index contributed by atoms with van der Waals surface area (Å²) in [6.07, 6.45) is 4.62. The van der Waals surface area contributed by atoms with Crippen LogP contribution in [0.1, 0.15) is 38.7 Å². The van der Waals surface area contributed by atoms with Gasteiger partial charge in [-0.05, 0) is 42.9 Å². The van der Waals surface area contributed by atoms with Gasteiger partial charge in [-0.25, -0.2) is 0 Å². The number of carbonyl (C=O) groups is 1. The Morgan fingerprint density at radius 3 is 2.53 bits per heavy atom. The van der Waals surface area contributed by atoms with E-state index in [2.05, 4.69) is 31.3 Å². The van der Waals surface area contributed by atoms with E-state index in [9.17, 15) is 4.79 Å². The maximum atomic E-state index is 11.7. The number of benzene rings is 1. The van der Waals surface area contributed by atoms with E-state index in [0.717, 1.165) is 18.5 Å². The molecule has 1 aromatic carbocycles. The zero-order valence-corrected chi connectivity index (χ0v) is 10.7. The van der Waals surface area contributed by atoms with E-state index in [0.29, 0.717) is 5.92 Å². The van der Waals surface area contributed by atoms with E-state index in [1.165, 1.54) is 18.4 Å². The number of unbranched alkanes of at least 4 members (excludes halogenated alkanes) is 1. The number of amides is 1. The van der Waals surface area contributed by atoms with E-state index in [1.807, 2.05) is 12.1 Å². The number of rotatable bonds is 5. The van der Waals surface area contributed by atoms with Gasteiger partial charge in [0.1, 0.15) is 0 Å². The van der Waals surface area contributed by atoms with Gasteiger partial charge in [0.2, 0.25) is 5.91 Å². The predicted molar refractivity (Wildman–Crippen MR) is 71.0 cm³/mol. The fourth-order valence-electron chi connectivity index (χ4n) is 2.06. The van der Waals surface area contributed by atoms with Crippen molar-refractivity contribution in [3.63, 3.8) is 0 Å². The van der Waals surface area contributed by atoms with E-state index in [-0.39, 0.29) is 11.8 Å². The van der Waals surface area contributed by atoms with Crippen LogP contribution in [0.4, 0.5) is 5.69 Å². The number of nitrogens with one attached hydrogen (secondary N) is 1. The van der Waals surface area contributed by atoms with Crippen LogP contribution in [0.25, 0.3) is 0 Å². The number of anilines is 1. The van der Waals surface area contributed by atoms with Gasteiger partial charge in [0, 0.05) is 11.6 Å². The minimum atomic E-state index is 0.179. The molecule has 1 amide bonds. The van der Waals surface area contributed by atoms with Crippen LogP contribution in [0.5, 0.6) is 0 Å². The lowest BCUT2D eigenvalue weighted by Gasteiger charge is -2.06. The second kappa shape index (κ2) is 5.35. The van der Waals surface area contributed by atoms with Crippen molar-refractivity contribution in [1.29, 1.82) is 0 Å². The third-order valence-corrected chi connectivity index (χ3v) is 3.49. The molecular weight excluding hydrogens is 210 g/mol. The first kappa shape index (κ1) is 12.2. The second-order valence-electron chi connectivity index (χ2n) is 5.11. The molecule has 0 bridgehead atoms. The molecule has 1 aromatic rings. The first-order valence-electron chi connectivity index (χ1n) is 6.60. The average Bonchev–Trinajstić information content (AvgIpc) is 3.06. The minimum Gasteiger partial charge on any atom is -0.326 e. The highest BCUT2D eigenvalue weighted by Crippen LogP contribution is 2.38. The van der Waals surface area contributed by atoms with Gasteiger partial charge >= 0.3 is 0 Å². The summed E-state index contributed by atoms with van der Waals surface area (Å²) in [5.41, 5.74) is 2.28. The van der Waals surface area contributed by atoms with Gasteiger partial charge in [-0.3, -0.25) is 4.79 Å². The van der Waals surface area contributed by atoms with E-state index >= 15 is 0 Å². The summed E-state index contributed by atoms with van der Waals surface area (Å²) in [6, 6.07) is 8.25. The Bertz CT molecular complexity index is 382. The first-order valence-corrected chi connectivity index (χ1v) is 6.60. The Morgan fingerprint density at radius 2 is 2.00 bits per heavy atom. The van der Waals surface area contributed by atoms with Crippen LogP contribution in [-0.2, 0) is 11.2 Å². The van der Waals surface area contributed by atoms with Gasteiger partial charge < -0.3 is 5.32 Å². The molecule has 0 aliphatic heterocycles. The molecule has 92 valence electrons. The van der Waals surface area contributed by atoms with Gasteiger partial charge in [0.05, 0.1) is 0 Å². The van der Waals surface area contributed by atoms with E-state index in [4.69, 9.17) is 0 Å². The van der Waals surface area contributed by atoms with Crippen molar-refractivity contribution < 1.29 is 4.79 Å². The zero-order chi connectivity index (χ0) is 12.3. The Kier molecular flexibility index (Phi) is 3.82. The molecule has 2 rings (SSSR count). The lowest BCUT2D eigenvalue weighted by molar-refractivity contribution is -0.117. The topological polar surface area (TPSA) is 29.1 Å². The Morgan fingerprint density at radius 1 is 1.35 bits per heavy atom. The van der Waals surface area contributed by atoms with Crippen molar-refractivity contribution in [2.24, 2.45) is 11.8 Å². The third-order valence-electron chi connectivity index (χ3n) is 3.49. The van der Waals surface area contributed by atoms with Crippen molar-refractivity contribution in [3.8, 4) is 0 Å². The lowest BCUT2D eigenvalue weighted by atomic mass is 10.1. The SMILES string of the molecule is CCCCc1ccc(NC(=O)[C@@H]2C[C@@H]2C)cc1. The quantitative estimate of drug-likeness (QED) is 0.823. The van der Waals surface area contributed by atoms with Crippen LogP contribution in [0.15, 0.2) is 24.3 Å². The van der Waals surface area contributed by atoms with Crippen molar-refractivity contribution in [3.05, 3.63) is 29.8 Å². The molecule has 0 heterocycles. The molecule has 1 aliphatic rings. The molecule has 0 aromatic heterocycles. The standard InChI is InChI=1S/C15H21NO/c1-3-4-5-12-6-8-13(9-7-12)16-15(17)14-10-11(14)2/h6-9,11,14H,3-5,10H2,1-2H3,(H,16,17)/t11-,14+/m0/s1. The summed E-state index contributed by atoms with van der Waals surface area (Å²) < 4.78 is 0. The zero-order valence-electron chi connectivity index (χ0n) is 10.7. The fourth-order valence-corrected chi connectivity index (χ4v) is 2.06. The largest absolute Gasteiger partial charge is 0.326 e. The van der Waals surface area contributed by atoms with Crippen LogP contribution in [-0.4, -0.2) is 5.91 Å². The normalized spacial score (nSPS) is 22.2. The van der Waals surface area contributed by atoms with Crippen LogP contribution in [0.2, 0.25) is 0 Å². The van der Waals surface area contributed by atoms with Crippen LogP contribution < -0.4 is 5.32 Å². The molecule has 1 N–H and O–H groups in total. The molecule has 2 heteroatoms. The Labute approximate surface area is 103 Å². The highest BCUT2D eigenvalue weighted by Gasteiger charge is 2.38. The molecule has 1 saturated carbocycles. The molecule has 17 heavy (non-hydrogen) atoms. The number of hydrogen-bond donors (Lipinski definition) is 1. The maximum absolute atomic E-state index is 11.7. The van der Waals surface area contributed by atoms with Crippen molar-refractivity contribution in [2.45, 2.75) is 39.5 Å². The highest BCUT2D eigenvalue weighted by atomic mass is 16.2.